The highest BCUT2D eigenvalue weighted by molar-refractivity contribution is 5.80. The van der Waals surface area contributed by atoms with Crippen molar-refractivity contribution >= 4 is 22.8 Å². The van der Waals surface area contributed by atoms with Gasteiger partial charge in [0.15, 0.2) is 0 Å². The number of hydrogen-bond donors (Lipinski definition) is 0. The molecule has 2 aromatic rings. The van der Waals surface area contributed by atoms with E-state index in [4.69, 9.17) is 16.0 Å². The summed E-state index contributed by atoms with van der Waals surface area (Å²) in [6.07, 6.45) is 7.18. The Balaban J connectivity index is 1.30. The summed E-state index contributed by atoms with van der Waals surface area (Å²) in [6.45, 7) is 11.9. The number of hydrogen-bond acceptors (Lipinski definition) is 4. The first-order valence-electron chi connectivity index (χ1n) is 11.0. The minimum atomic E-state index is -0.540. The molecule has 7 nitrogen and oxygen atoms in total. The van der Waals surface area contributed by atoms with Gasteiger partial charge in [0.05, 0.1) is 42.6 Å². The number of carbonyl (C=O) groups is 1. The summed E-state index contributed by atoms with van der Waals surface area (Å²) >= 11 is 0. The standard InChI is InChI=1S/C23H27FN4O3/c1-22(6-4-8-30-22)13-28-14-23(31-21(28)29)7-3-5-16(11-23)12-27-15-26-19-9-17(24)18(25-2)10-20(19)27/h9-10,15-16H,3-8,11-14H2,1H3/t16-,22?,23-/m0/s1. The largest absolute Gasteiger partial charge is 0.441 e. The monoisotopic (exact) mass is 426 g/mol. The molecule has 3 heterocycles. The van der Waals surface area contributed by atoms with Crippen molar-refractivity contribution in [2.75, 3.05) is 19.7 Å². The van der Waals surface area contributed by atoms with E-state index >= 15 is 0 Å². The lowest BCUT2D eigenvalue weighted by Crippen LogP contribution is -2.44. The second-order valence-corrected chi connectivity index (χ2v) is 9.57. The zero-order valence-electron chi connectivity index (χ0n) is 17.8. The molecule has 3 aliphatic rings. The van der Waals surface area contributed by atoms with Crippen molar-refractivity contribution in [1.29, 1.82) is 0 Å². The van der Waals surface area contributed by atoms with Gasteiger partial charge in [-0.3, -0.25) is 0 Å². The molecular weight excluding hydrogens is 399 g/mol. The topological polar surface area (TPSA) is 61.0 Å². The van der Waals surface area contributed by atoms with Gasteiger partial charge in [0.2, 0.25) is 5.69 Å². The second kappa shape index (κ2) is 7.49. The maximum Gasteiger partial charge on any atom is 0.410 e. The predicted molar refractivity (Wildman–Crippen MR) is 112 cm³/mol. The zero-order valence-corrected chi connectivity index (χ0v) is 17.8. The van der Waals surface area contributed by atoms with Crippen molar-refractivity contribution < 1.29 is 18.7 Å². The lowest BCUT2D eigenvalue weighted by atomic mass is 9.78. The maximum atomic E-state index is 13.9. The fourth-order valence-electron chi connectivity index (χ4n) is 5.59. The first-order chi connectivity index (χ1) is 14.9. The van der Waals surface area contributed by atoms with E-state index < -0.39 is 11.4 Å². The second-order valence-electron chi connectivity index (χ2n) is 9.57. The number of rotatable bonds is 4. The predicted octanol–water partition coefficient (Wildman–Crippen LogP) is 4.68. The van der Waals surface area contributed by atoms with Gasteiger partial charge in [-0.15, -0.1) is 0 Å². The molecule has 1 aromatic carbocycles. The molecule has 1 aromatic heterocycles. The van der Waals surface area contributed by atoms with Crippen LogP contribution in [0.25, 0.3) is 15.9 Å². The SMILES string of the molecule is [C-]#[N+]c1cc2c(cc1F)ncn2C[C@H]1CCC[C@]2(C1)CN(CC1(C)CCCO1)C(=O)O2. The van der Waals surface area contributed by atoms with E-state index in [1.165, 1.54) is 6.07 Å². The number of carbonyl (C=O) groups excluding carboxylic acids is 1. The van der Waals surface area contributed by atoms with E-state index in [-0.39, 0.29) is 17.4 Å². The third-order valence-corrected chi connectivity index (χ3v) is 7.04. The Morgan fingerprint density at radius 3 is 3.00 bits per heavy atom. The Labute approximate surface area is 180 Å². The van der Waals surface area contributed by atoms with Crippen molar-refractivity contribution in [1.82, 2.24) is 14.5 Å². The first kappa shape index (κ1) is 20.3. The molecular formula is C23H27FN4O3. The highest BCUT2D eigenvalue weighted by atomic mass is 19.1. The van der Waals surface area contributed by atoms with Crippen LogP contribution in [-0.4, -0.2) is 51.4 Å². The number of fused-ring (bicyclic) bond motifs is 1. The lowest BCUT2D eigenvalue weighted by molar-refractivity contribution is -0.00120. The number of ether oxygens (including phenoxy) is 2. The first-order valence-corrected chi connectivity index (χ1v) is 11.0. The van der Waals surface area contributed by atoms with Gasteiger partial charge in [0.1, 0.15) is 11.4 Å². The molecule has 3 atom stereocenters. The van der Waals surface area contributed by atoms with Crippen LogP contribution in [-0.2, 0) is 16.0 Å². The van der Waals surface area contributed by atoms with E-state index in [0.717, 1.165) is 50.6 Å². The molecule has 1 spiro atoms. The molecule has 2 aliphatic heterocycles. The summed E-state index contributed by atoms with van der Waals surface area (Å²) in [6, 6.07) is 2.90. The van der Waals surface area contributed by atoms with Gasteiger partial charge in [-0.1, -0.05) is 0 Å². The minimum absolute atomic E-state index is 0.0114. The third-order valence-electron chi connectivity index (χ3n) is 7.04. The summed E-state index contributed by atoms with van der Waals surface area (Å²) < 4.78 is 27.7. The summed E-state index contributed by atoms with van der Waals surface area (Å²) in [4.78, 5) is 22.1. The molecule has 3 fully saturated rings. The Kier molecular flexibility index (Phi) is 4.89. The van der Waals surface area contributed by atoms with Crippen LogP contribution >= 0.6 is 0 Å². The average molecular weight is 426 g/mol. The number of halogens is 1. The molecule has 1 aliphatic carbocycles. The molecule has 1 unspecified atom stereocenters. The highest BCUT2D eigenvalue weighted by Gasteiger charge is 2.49. The fraction of sp³-hybridized carbons (Fsp3) is 0.609. The van der Waals surface area contributed by atoms with E-state index in [1.807, 2.05) is 9.47 Å². The summed E-state index contributed by atoms with van der Waals surface area (Å²) in [7, 11) is 0. The van der Waals surface area contributed by atoms with Crippen LogP contribution in [0.15, 0.2) is 18.5 Å². The number of nitrogens with zero attached hydrogens (tertiary/aromatic N) is 4. The van der Waals surface area contributed by atoms with Crippen LogP contribution in [0, 0.1) is 18.3 Å². The number of imidazole rings is 1. The van der Waals surface area contributed by atoms with Crippen LogP contribution in [0.4, 0.5) is 14.9 Å². The van der Waals surface area contributed by atoms with Gasteiger partial charge in [0, 0.05) is 13.2 Å². The van der Waals surface area contributed by atoms with E-state index in [1.54, 1.807) is 12.4 Å². The normalized spacial score (nSPS) is 30.8. The highest BCUT2D eigenvalue weighted by Crippen LogP contribution is 2.41. The van der Waals surface area contributed by atoms with Gasteiger partial charge in [-0.2, -0.15) is 0 Å². The average Bonchev–Trinajstić information content (AvgIpc) is 3.40. The number of amides is 1. The van der Waals surface area contributed by atoms with Gasteiger partial charge >= 0.3 is 6.09 Å². The Hall–Kier alpha value is -2.66. The third kappa shape index (κ3) is 3.76. The van der Waals surface area contributed by atoms with E-state index in [9.17, 15) is 9.18 Å². The molecule has 0 bridgehead atoms. The van der Waals surface area contributed by atoms with Crippen LogP contribution in [0.5, 0.6) is 0 Å². The number of benzene rings is 1. The van der Waals surface area contributed by atoms with E-state index in [0.29, 0.717) is 31.1 Å². The zero-order chi connectivity index (χ0) is 21.6. The molecule has 0 radical (unpaired) electrons. The fourth-order valence-corrected chi connectivity index (χ4v) is 5.59. The van der Waals surface area contributed by atoms with Crippen molar-refractivity contribution in [2.45, 2.75) is 63.2 Å². The Bertz CT molecular complexity index is 1060. The van der Waals surface area contributed by atoms with Crippen LogP contribution in [0.3, 0.4) is 0 Å². The maximum absolute atomic E-state index is 13.9. The van der Waals surface area contributed by atoms with Crippen molar-refractivity contribution in [2.24, 2.45) is 5.92 Å². The van der Waals surface area contributed by atoms with Gasteiger partial charge < -0.3 is 18.9 Å². The molecule has 1 amide bonds. The van der Waals surface area contributed by atoms with Gasteiger partial charge in [-0.25, -0.2) is 19.0 Å². The quantitative estimate of drug-likeness (QED) is 0.667. The molecule has 8 heteroatoms. The summed E-state index contributed by atoms with van der Waals surface area (Å²) in [5, 5.41) is 0. The van der Waals surface area contributed by atoms with Crippen LogP contribution in [0.1, 0.15) is 45.4 Å². The Morgan fingerprint density at radius 2 is 2.23 bits per heavy atom. The summed E-state index contributed by atoms with van der Waals surface area (Å²) in [5.41, 5.74) is 0.614. The number of aromatic nitrogens is 2. The molecule has 5 rings (SSSR count). The molecule has 31 heavy (non-hydrogen) atoms. The summed E-state index contributed by atoms with van der Waals surface area (Å²) in [5.74, 6) is -0.221. The molecule has 164 valence electrons. The lowest BCUT2D eigenvalue weighted by Gasteiger charge is -2.36. The van der Waals surface area contributed by atoms with Crippen LogP contribution < -0.4 is 0 Å². The van der Waals surface area contributed by atoms with Crippen molar-refractivity contribution in [3.63, 3.8) is 0 Å². The molecule has 1 saturated carbocycles. The van der Waals surface area contributed by atoms with Gasteiger partial charge in [0.25, 0.3) is 0 Å². The van der Waals surface area contributed by atoms with Crippen LogP contribution in [0.2, 0.25) is 0 Å². The van der Waals surface area contributed by atoms with Crippen molar-refractivity contribution in [3.05, 3.63) is 35.7 Å². The van der Waals surface area contributed by atoms with Gasteiger partial charge in [-0.05, 0) is 63.5 Å². The van der Waals surface area contributed by atoms with E-state index in [2.05, 4.69) is 16.8 Å². The molecule has 2 saturated heterocycles. The smallest absolute Gasteiger partial charge is 0.410 e. The van der Waals surface area contributed by atoms with Crippen molar-refractivity contribution in [3.8, 4) is 0 Å². The Morgan fingerprint density at radius 1 is 1.35 bits per heavy atom. The molecule has 0 N–H and O–H groups in total. The minimum Gasteiger partial charge on any atom is -0.441 e.